The van der Waals surface area contributed by atoms with Crippen molar-refractivity contribution >= 4 is 73.8 Å². The zero-order valence-electron chi connectivity index (χ0n) is 27.9. The van der Waals surface area contributed by atoms with Crippen LogP contribution in [0.25, 0.3) is 11.0 Å². The Morgan fingerprint density at radius 2 is 1.60 bits per heavy atom. The standard InChI is InChI=1S/C18H19ClN6O2S.C14H21BO4S/c1-18(8-9-18)24-16-15-13(6-7-14(19)22-15)21-17(23-16)20-10-11-2-4-12(5-3-11)25-28(26)27;1-10-7-8-11(9-12(10)20(6,16)17)15-18-13(2,3)14(4,5)19-15/h2-7,25H,8-10H2,1H3,(H,26,27)(H2,20,21,23,24);7-9H,1-6H3/p-1. The lowest BCUT2D eigenvalue weighted by atomic mass is 9.79. The molecule has 1 unspecified atom stereocenters. The van der Waals surface area contributed by atoms with E-state index in [1.54, 1.807) is 37.3 Å². The van der Waals surface area contributed by atoms with Crippen molar-refractivity contribution in [2.75, 3.05) is 21.6 Å². The fraction of sp³-hybridized carbons (Fsp3) is 0.406. The van der Waals surface area contributed by atoms with Crippen molar-refractivity contribution in [3.63, 3.8) is 0 Å². The second-order valence-electron chi connectivity index (χ2n) is 13.4. The van der Waals surface area contributed by atoms with Crippen LogP contribution in [0.1, 0.15) is 58.6 Å². The van der Waals surface area contributed by atoms with Crippen molar-refractivity contribution in [2.24, 2.45) is 0 Å². The van der Waals surface area contributed by atoms with Gasteiger partial charge in [0.05, 0.1) is 21.6 Å². The molecule has 1 saturated carbocycles. The number of aromatic nitrogens is 3. The molecule has 4 aromatic rings. The van der Waals surface area contributed by atoms with E-state index in [0.29, 0.717) is 45.1 Å². The molecule has 48 heavy (non-hydrogen) atoms. The third-order valence-corrected chi connectivity index (χ3v) is 10.5. The van der Waals surface area contributed by atoms with Gasteiger partial charge in [-0.2, -0.15) is 4.98 Å². The number of fused-ring (bicyclic) bond motifs is 1. The number of nitrogens with one attached hydrogen (secondary N) is 3. The molecule has 2 aliphatic rings. The molecule has 1 aliphatic heterocycles. The second-order valence-corrected chi connectivity index (χ2v) is 16.4. The predicted octanol–water partition coefficient (Wildman–Crippen LogP) is 5.16. The highest BCUT2D eigenvalue weighted by Crippen LogP contribution is 2.39. The van der Waals surface area contributed by atoms with Crippen molar-refractivity contribution in [1.29, 1.82) is 0 Å². The molecule has 256 valence electrons. The van der Waals surface area contributed by atoms with E-state index < -0.39 is 39.4 Å². The molecule has 0 bridgehead atoms. The Kier molecular flexibility index (Phi) is 10.1. The summed E-state index contributed by atoms with van der Waals surface area (Å²) >= 11 is 3.71. The topological polar surface area (TPSA) is 167 Å². The summed E-state index contributed by atoms with van der Waals surface area (Å²) < 4.78 is 59.1. The van der Waals surface area contributed by atoms with Crippen molar-refractivity contribution < 1.29 is 26.5 Å². The second kappa shape index (κ2) is 13.5. The van der Waals surface area contributed by atoms with E-state index in [9.17, 15) is 17.2 Å². The van der Waals surface area contributed by atoms with E-state index in [0.717, 1.165) is 29.4 Å². The van der Waals surface area contributed by atoms with Gasteiger partial charge in [0.15, 0.2) is 15.7 Å². The van der Waals surface area contributed by atoms with Crippen molar-refractivity contribution in [3.05, 3.63) is 70.9 Å². The highest BCUT2D eigenvalue weighted by molar-refractivity contribution is 7.90. The van der Waals surface area contributed by atoms with E-state index in [1.807, 2.05) is 52.0 Å². The number of anilines is 3. The van der Waals surface area contributed by atoms with Crippen LogP contribution in [-0.2, 0) is 37.0 Å². The third kappa shape index (κ3) is 8.63. The van der Waals surface area contributed by atoms with Gasteiger partial charge in [0, 0.05) is 35.3 Å². The minimum atomic E-state index is -3.25. The van der Waals surface area contributed by atoms with E-state index in [4.69, 9.17) is 20.9 Å². The molecule has 2 aromatic heterocycles. The van der Waals surface area contributed by atoms with Gasteiger partial charge >= 0.3 is 7.12 Å². The number of benzene rings is 2. The molecule has 1 aliphatic carbocycles. The molecule has 2 aromatic carbocycles. The van der Waals surface area contributed by atoms with E-state index in [1.165, 1.54) is 6.26 Å². The SMILES string of the molecule is CC1(Nc2nc(NCc3ccc(NS(=O)[O-])cc3)nc3ccc(Cl)nc23)CC1.Cc1ccc(B2OC(C)(C)C(C)(C)O2)cc1S(C)(=O)=O. The Labute approximate surface area is 289 Å². The van der Waals surface area contributed by atoms with Crippen LogP contribution in [0.3, 0.4) is 0 Å². The van der Waals surface area contributed by atoms with Gasteiger partial charge in [0.2, 0.25) is 5.95 Å². The zero-order chi connectivity index (χ0) is 35.1. The van der Waals surface area contributed by atoms with Gasteiger partial charge < -0.3 is 29.2 Å². The average Bonchev–Trinajstić information content (AvgIpc) is 3.66. The molecule has 16 heteroatoms. The number of sulfone groups is 1. The number of hydrogen-bond donors (Lipinski definition) is 3. The highest BCUT2D eigenvalue weighted by atomic mass is 35.5. The normalized spacial score (nSPS) is 18.1. The molecule has 2 fully saturated rings. The maximum Gasteiger partial charge on any atom is 0.494 e. The molecule has 1 saturated heterocycles. The van der Waals surface area contributed by atoms with Crippen LogP contribution in [0.5, 0.6) is 0 Å². The smallest absolute Gasteiger partial charge is 0.494 e. The summed E-state index contributed by atoms with van der Waals surface area (Å²) in [5.41, 5.74) is 3.44. The molecule has 6 rings (SSSR count). The maximum atomic E-state index is 11.8. The van der Waals surface area contributed by atoms with Gasteiger partial charge in [0.1, 0.15) is 10.7 Å². The van der Waals surface area contributed by atoms with Crippen LogP contribution in [0.4, 0.5) is 17.5 Å². The highest BCUT2D eigenvalue weighted by Gasteiger charge is 2.51. The quantitative estimate of drug-likeness (QED) is 0.119. The Bertz CT molecular complexity index is 1940. The summed E-state index contributed by atoms with van der Waals surface area (Å²) in [5, 5.41) is 7.05. The lowest BCUT2D eigenvalue weighted by molar-refractivity contribution is 0.00578. The van der Waals surface area contributed by atoms with Crippen LogP contribution >= 0.6 is 11.6 Å². The van der Waals surface area contributed by atoms with E-state index in [-0.39, 0.29) is 5.54 Å². The summed E-state index contributed by atoms with van der Waals surface area (Å²) in [6.45, 7) is 12.3. The monoisotopic (exact) mass is 713 g/mol. The van der Waals surface area contributed by atoms with E-state index in [2.05, 4.69) is 37.2 Å². The molecular formula is C32H39BClN6O6S2-. The lowest BCUT2D eigenvalue weighted by Crippen LogP contribution is -2.41. The summed E-state index contributed by atoms with van der Waals surface area (Å²) in [5.74, 6) is 1.14. The first-order valence-electron chi connectivity index (χ1n) is 15.3. The molecule has 0 radical (unpaired) electrons. The molecule has 0 spiro atoms. The molecule has 3 N–H and O–H groups in total. The largest absolute Gasteiger partial charge is 0.755 e. The first-order chi connectivity index (χ1) is 22.3. The number of aryl methyl sites for hydroxylation is 1. The Hall–Kier alpha value is -3.34. The van der Waals surface area contributed by atoms with Crippen LogP contribution in [0, 0.1) is 6.92 Å². The van der Waals surface area contributed by atoms with Gasteiger partial charge in [-0.15, -0.1) is 0 Å². The molecule has 1 atom stereocenters. The van der Waals surface area contributed by atoms with Gasteiger partial charge in [-0.1, -0.05) is 35.9 Å². The fourth-order valence-corrected chi connectivity index (χ4v) is 6.34. The average molecular weight is 714 g/mol. The predicted molar refractivity (Wildman–Crippen MR) is 190 cm³/mol. The van der Waals surface area contributed by atoms with Crippen LogP contribution in [-0.4, -0.2) is 62.2 Å². The van der Waals surface area contributed by atoms with Crippen LogP contribution in [0.15, 0.2) is 59.5 Å². The third-order valence-electron chi connectivity index (χ3n) is 8.67. The van der Waals surface area contributed by atoms with Crippen LogP contribution in [0.2, 0.25) is 5.15 Å². The Morgan fingerprint density at radius 1 is 0.958 bits per heavy atom. The number of nitrogens with zero attached hydrogens (tertiary/aromatic N) is 3. The molecule has 0 amide bonds. The zero-order valence-corrected chi connectivity index (χ0v) is 30.3. The summed E-state index contributed by atoms with van der Waals surface area (Å²) in [6, 6.07) is 15.9. The molecule has 12 nitrogen and oxygen atoms in total. The Morgan fingerprint density at radius 3 is 2.19 bits per heavy atom. The van der Waals surface area contributed by atoms with E-state index >= 15 is 0 Å². The number of pyridine rings is 1. The van der Waals surface area contributed by atoms with Gasteiger partial charge in [0.25, 0.3) is 0 Å². The summed E-state index contributed by atoms with van der Waals surface area (Å²) in [6.07, 6.45) is 3.37. The number of halogens is 1. The first kappa shape index (κ1) is 36.0. The van der Waals surface area contributed by atoms with Gasteiger partial charge in [-0.05, 0) is 101 Å². The summed E-state index contributed by atoms with van der Waals surface area (Å²) in [4.78, 5) is 13.8. The van der Waals surface area contributed by atoms with Crippen molar-refractivity contribution in [1.82, 2.24) is 15.0 Å². The molecular weight excluding hydrogens is 675 g/mol. The fourth-order valence-electron chi connectivity index (χ4n) is 4.86. The Balaban J connectivity index is 0.000000199. The van der Waals surface area contributed by atoms with Crippen molar-refractivity contribution in [2.45, 2.75) is 82.6 Å². The van der Waals surface area contributed by atoms with Crippen molar-refractivity contribution in [3.8, 4) is 0 Å². The minimum Gasteiger partial charge on any atom is -0.755 e. The molecule has 3 heterocycles. The number of rotatable bonds is 9. The van der Waals surface area contributed by atoms with Gasteiger partial charge in [-0.3, -0.25) is 4.21 Å². The first-order valence-corrected chi connectivity index (χ1v) is 18.7. The lowest BCUT2D eigenvalue weighted by Gasteiger charge is -2.32. The summed E-state index contributed by atoms with van der Waals surface area (Å²) in [7, 11) is -3.79. The minimum absolute atomic E-state index is 0.0348. The van der Waals surface area contributed by atoms with Gasteiger partial charge in [-0.25, -0.2) is 18.4 Å². The number of hydrogen-bond acceptors (Lipinski definition) is 11. The maximum absolute atomic E-state index is 11.8. The van der Waals surface area contributed by atoms with Crippen LogP contribution < -0.4 is 20.8 Å².